The molecule has 0 spiro atoms. The normalized spacial score (nSPS) is 15.1. The summed E-state index contributed by atoms with van der Waals surface area (Å²) in [5, 5.41) is 3.95. The second-order valence-corrected chi connectivity index (χ2v) is 12.8. The van der Waals surface area contributed by atoms with E-state index in [4.69, 9.17) is 23.2 Å². The molecule has 208 valence electrons. The van der Waals surface area contributed by atoms with Gasteiger partial charge in [0.1, 0.15) is 12.6 Å². The summed E-state index contributed by atoms with van der Waals surface area (Å²) in [4.78, 5) is 28.8. The highest BCUT2D eigenvalue weighted by Crippen LogP contribution is 2.27. The van der Waals surface area contributed by atoms with Gasteiger partial charge < -0.3 is 10.2 Å². The molecule has 1 N–H and O–H groups in total. The largest absolute Gasteiger partial charge is 0.352 e. The van der Waals surface area contributed by atoms with Crippen LogP contribution >= 0.6 is 23.2 Å². The second kappa shape index (κ2) is 13.2. The van der Waals surface area contributed by atoms with Gasteiger partial charge >= 0.3 is 0 Å². The molecular formula is C28H37Cl2N3O4S. The van der Waals surface area contributed by atoms with Crippen LogP contribution in [0.2, 0.25) is 10.0 Å². The maximum atomic E-state index is 13.9. The summed E-state index contributed by atoms with van der Waals surface area (Å²) < 4.78 is 26.9. The topological polar surface area (TPSA) is 86.8 Å². The molecule has 1 saturated carbocycles. The lowest BCUT2D eigenvalue weighted by atomic mass is 9.95. The van der Waals surface area contributed by atoms with E-state index in [2.05, 4.69) is 5.32 Å². The minimum absolute atomic E-state index is 0.0375. The molecule has 0 radical (unpaired) electrons. The molecule has 2 aromatic carbocycles. The summed E-state index contributed by atoms with van der Waals surface area (Å²) in [5.41, 5.74) is 2.72. The van der Waals surface area contributed by atoms with Crippen LogP contribution in [-0.4, -0.2) is 50.0 Å². The van der Waals surface area contributed by atoms with Crippen LogP contribution in [0.1, 0.15) is 62.1 Å². The number of rotatable bonds is 10. The summed E-state index contributed by atoms with van der Waals surface area (Å²) in [7, 11) is -3.81. The number of halogens is 2. The van der Waals surface area contributed by atoms with Gasteiger partial charge in [0.25, 0.3) is 0 Å². The van der Waals surface area contributed by atoms with Crippen molar-refractivity contribution >= 4 is 50.7 Å². The van der Waals surface area contributed by atoms with Crippen molar-refractivity contribution in [1.29, 1.82) is 0 Å². The number of hydrogen-bond donors (Lipinski definition) is 1. The monoisotopic (exact) mass is 581 g/mol. The van der Waals surface area contributed by atoms with Gasteiger partial charge in [0.05, 0.1) is 11.9 Å². The Bertz CT molecular complexity index is 1260. The number of carbonyl (C=O) groups excluding carboxylic acids is 2. The molecule has 0 aromatic heterocycles. The maximum absolute atomic E-state index is 13.9. The standard InChI is InChI=1S/C28H37Cl2N3O4S/c1-5-25(28(35)31-23-11-7-6-8-12-23)32(17-21-14-15-22(29)16-24(21)30)27(34)18-33(38(4,36)37)26-13-9-10-19(2)20(26)3/h9-10,13-16,23,25H,5-8,11-12,17-18H2,1-4H3,(H,31,35)/t25-/m0/s1. The van der Waals surface area contributed by atoms with Crippen LogP contribution in [-0.2, 0) is 26.2 Å². The third-order valence-electron chi connectivity index (χ3n) is 7.22. The number of aryl methyl sites for hydroxylation is 1. The van der Waals surface area contributed by atoms with Crippen LogP contribution in [0.4, 0.5) is 5.69 Å². The van der Waals surface area contributed by atoms with Gasteiger partial charge in [-0.1, -0.05) is 67.6 Å². The molecule has 0 aliphatic heterocycles. The Kier molecular flexibility index (Phi) is 10.5. The van der Waals surface area contributed by atoms with Crippen molar-refractivity contribution in [3.63, 3.8) is 0 Å². The molecular weight excluding hydrogens is 545 g/mol. The van der Waals surface area contributed by atoms with E-state index in [1.54, 1.807) is 30.3 Å². The molecule has 38 heavy (non-hydrogen) atoms. The third-order valence-corrected chi connectivity index (χ3v) is 8.93. The Morgan fingerprint density at radius 3 is 2.37 bits per heavy atom. The molecule has 0 unspecified atom stereocenters. The Morgan fingerprint density at radius 1 is 1.08 bits per heavy atom. The van der Waals surface area contributed by atoms with Crippen molar-refractivity contribution in [2.45, 2.75) is 77.9 Å². The first kappa shape index (κ1) is 30.3. The lowest BCUT2D eigenvalue weighted by molar-refractivity contribution is -0.140. The van der Waals surface area contributed by atoms with Crippen molar-refractivity contribution in [2.75, 3.05) is 17.1 Å². The molecule has 1 atom stereocenters. The minimum atomic E-state index is -3.81. The minimum Gasteiger partial charge on any atom is -0.352 e. The average molecular weight is 583 g/mol. The van der Waals surface area contributed by atoms with E-state index in [1.165, 1.54) is 4.90 Å². The van der Waals surface area contributed by atoms with Gasteiger partial charge in [-0.2, -0.15) is 0 Å². The third kappa shape index (κ3) is 7.64. The van der Waals surface area contributed by atoms with Crippen LogP contribution in [0.5, 0.6) is 0 Å². The van der Waals surface area contributed by atoms with E-state index in [9.17, 15) is 18.0 Å². The molecule has 2 amide bonds. The summed E-state index contributed by atoms with van der Waals surface area (Å²) >= 11 is 12.5. The van der Waals surface area contributed by atoms with E-state index in [1.807, 2.05) is 26.8 Å². The Labute approximate surface area is 236 Å². The summed E-state index contributed by atoms with van der Waals surface area (Å²) in [6, 6.07) is 9.59. The number of amides is 2. The molecule has 0 heterocycles. The van der Waals surface area contributed by atoms with E-state index < -0.39 is 28.5 Å². The van der Waals surface area contributed by atoms with Crippen LogP contribution in [0.3, 0.4) is 0 Å². The van der Waals surface area contributed by atoms with Gasteiger partial charge in [-0.15, -0.1) is 0 Å². The Balaban J connectivity index is 1.97. The van der Waals surface area contributed by atoms with Crippen LogP contribution in [0.25, 0.3) is 0 Å². The zero-order valence-electron chi connectivity index (χ0n) is 22.5. The maximum Gasteiger partial charge on any atom is 0.244 e. The number of nitrogens with zero attached hydrogens (tertiary/aromatic N) is 2. The fourth-order valence-corrected chi connectivity index (χ4v) is 6.27. The van der Waals surface area contributed by atoms with Gasteiger partial charge in [0, 0.05) is 22.6 Å². The first-order valence-corrected chi connectivity index (χ1v) is 15.6. The summed E-state index contributed by atoms with van der Waals surface area (Å²) in [6.07, 6.45) is 6.53. The smallest absolute Gasteiger partial charge is 0.244 e. The van der Waals surface area contributed by atoms with E-state index in [-0.39, 0.29) is 18.5 Å². The molecule has 7 nitrogen and oxygen atoms in total. The number of nitrogens with one attached hydrogen (secondary N) is 1. The van der Waals surface area contributed by atoms with Crippen molar-refractivity contribution < 1.29 is 18.0 Å². The van der Waals surface area contributed by atoms with Crippen molar-refractivity contribution in [1.82, 2.24) is 10.2 Å². The summed E-state index contributed by atoms with van der Waals surface area (Å²) in [5.74, 6) is -0.733. The van der Waals surface area contributed by atoms with Gasteiger partial charge in [0.2, 0.25) is 21.8 Å². The van der Waals surface area contributed by atoms with E-state index in [0.29, 0.717) is 27.7 Å². The second-order valence-electron chi connectivity index (χ2n) is 10.0. The van der Waals surface area contributed by atoms with Crippen molar-refractivity contribution in [3.05, 3.63) is 63.1 Å². The molecule has 0 bridgehead atoms. The number of sulfonamides is 1. The number of carbonyl (C=O) groups is 2. The molecule has 1 fully saturated rings. The first-order chi connectivity index (χ1) is 17.9. The lowest BCUT2D eigenvalue weighted by Crippen LogP contribution is -2.54. The van der Waals surface area contributed by atoms with Crippen molar-refractivity contribution in [3.8, 4) is 0 Å². The quantitative estimate of drug-likeness (QED) is 0.393. The molecule has 0 saturated heterocycles. The fraction of sp³-hybridized carbons (Fsp3) is 0.500. The number of hydrogen-bond acceptors (Lipinski definition) is 4. The SMILES string of the molecule is CC[C@@H](C(=O)NC1CCCCC1)N(Cc1ccc(Cl)cc1Cl)C(=O)CN(c1cccc(C)c1C)S(C)(=O)=O. The predicted octanol–water partition coefficient (Wildman–Crippen LogP) is 5.63. The number of benzene rings is 2. The van der Waals surface area contributed by atoms with Crippen LogP contribution in [0, 0.1) is 13.8 Å². The fourth-order valence-electron chi connectivity index (χ4n) is 4.90. The van der Waals surface area contributed by atoms with Gasteiger partial charge in [0.15, 0.2) is 0 Å². The highest BCUT2D eigenvalue weighted by Gasteiger charge is 2.33. The summed E-state index contributed by atoms with van der Waals surface area (Å²) in [6.45, 7) is 5.15. The van der Waals surface area contributed by atoms with Crippen LogP contribution in [0.15, 0.2) is 36.4 Å². The zero-order chi connectivity index (χ0) is 28.0. The van der Waals surface area contributed by atoms with Crippen LogP contribution < -0.4 is 9.62 Å². The lowest BCUT2D eigenvalue weighted by Gasteiger charge is -2.34. The van der Waals surface area contributed by atoms with Gasteiger partial charge in [-0.25, -0.2) is 8.42 Å². The molecule has 3 rings (SSSR count). The Hall–Kier alpha value is -2.29. The molecule has 2 aromatic rings. The van der Waals surface area contributed by atoms with E-state index >= 15 is 0 Å². The van der Waals surface area contributed by atoms with E-state index in [0.717, 1.165) is 53.8 Å². The average Bonchev–Trinajstić information content (AvgIpc) is 2.85. The molecule has 10 heteroatoms. The highest BCUT2D eigenvalue weighted by molar-refractivity contribution is 7.92. The first-order valence-electron chi connectivity index (χ1n) is 13.0. The van der Waals surface area contributed by atoms with Gasteiger partial charge in [-0.05, 0) is 68.0 Å². The molecule has 1 aliphatic carbocycles. The number of anilines is 1. The van der Waals surface area contributed by atoms with Gasteiger partial charge in [-0.3, -0.25) is 13.9 Å². The molecule has 1 aliphatic rings. The zero-order valence-corrected chi connectivity index (χ0v) is 24.8. The predicted molar refractivity (Wildman–Crippen MR) is 154 cm³/mol. The van der Waals surface area contributed by atoms with Crippen molar-refractivity contribution in [2.24, 2.45) is 0 Å². The highest BCUT2D eigenvalue weighted by atomic mass is 35.5. The Morgan fingerprint density at radius 2 is 1.76 bits per heavy atom.